The second-order valence-corrected chi connectivity index (χ2v) is 6.92. The van der Waals surface area contributed by atoms with Gasteiger partial charge in [-0.05, 0) is 53.9 Å². The smallest absolute Gasteiger partial charge is 0.0702 e. The van der Waals surface area contributed by atoms with Crippen LogP contribution >= 0.6 is 0 Å². The zero-order valence-corrected chi connectivity index (χ0v) is 15.1. The van der Waals surface area contributed by atoms with E-state index in [4.69, 9.17) is 0 Å². The standard InChI is InChI=1S/C25H18N2/c1-17-10-20(22-12-18-6-2-4-8-24(18)26-15-22)14-21(11-17)23-13-19-7-3-5-9-25(19)27-16-23/h2-16H,1H3. The van der Waals surface area contributed by atoms with Gasteiger partial charge in [-0.3, -0.25) is 9.97 Å². The largest absolute Gasteiger partial charge is 0.256 e. The van der Waals surface area contributed by atoms with E-state index >= 15 is 0 Å². The van der Waals surface area contributed by atoms with Crippen molar-refractivity contribution in [3.05, 3.63) is 96.8 Å². The van der Waals surface area contributed by atoms with E-state index in [0.29, 0.717) is 0 Å². The molecule has 0 saturated heterocycles. The topological polar surface area (TPSA) is 25.8 Å². The van der Waals surface area contributed by atoms with Gasteiger partial charge in [-0.2, -0.15) is 0 Å². The third-order valence-electron chi connectivity index (χ3n) is 4.92. The van der Waals surface area contributed by atoms with Crippen molar-refractivity contribution in [2.75, 3.05) is 0 Å². The summed E-state index contributed by atoms with van der Waals surface area (Å²) in [6.07, 6.45) is 3.92. The Bertz CT molecular complexity index is 1190. The number of fused-ring (bicyclic) bond motifs is 2. The highest BCUT2D eigenvalue weighted by atomic mass is 14.7. The zero-order valence-electron chi connectivity index (χ0n) is 15.1. The lowest BCUT2D eigenvalue weighted by Gasteiger charge is -2.10. The molecule has 0 fully saturated rings. The summed E-state index contributed by atoms with van der Waals surface area (Å²) in [4.78, 5) is 9.24. The molecule has 5 aromatic rings. The average molecular weight is 346 g/mol. The molecule has 0 aliphatic carbocycles. The zero-order chi connectivity index (χ0) is 18.2. The Hall–Kier alpha value is -3.52. The second-order valence-electron chi connectivity index (χ2n) is 6.92. The van der Waals surface area contributed by atoms with E-state index in [2.05, 4.69) is 71.5 Å². The molecular weight excluding hydrogens is 328 g/mol. The summed E-state index contributed by atoms with van der Waals surface area (Å²) < 4.78 is 0. The Labute approximate surface area is 158 Å². The fourth-order valence-electron chi connectivity index (χ4n) is 3.57. The first-order valence-electron chi connectivity index (χ1n) is 9.08. The van der Waals surface area contributed by atoms with Crippen LogP contribution in [0.5, 0.6) is 0 Å². The molecule has 5 rings (SSSR count). The summed E-state index contributed by atoms with van der Waals surface area (Å²) in [6, 6.07) is 27.5. The highest BCUT2D eigenvalue weighted by Gasteiger charge is 2.07. The fourth-order valence-corrected chi connectivity index (χ4v) is 3.57. The molecule has 3 aromatic carbocycles. The first-order valence-corrected chi connectivity index (χ1v) is 9.08. The lowest BCUT2D eigenvalue weighted by molar-refractivity contribution is 1.38. The number of rotatable bonds is 2. The van der Waals surface area contributed by atoms with Crippen LogP contribution in [0.4, 0.5) is 0 Å². The number of para-hydroxylation sites is 2. The molecule has 0 aliphatic rings. The number of hydrogen-bond acceptors (Lipinski definition) is 2. The summed E-state index contributed by atoms with van der Waals surface area (Å²) in [5.41, 5.74) is 7.89. The second kappa shape index (κ2) is 6.33. The van der Waals surface area contributed by atoms with E-state index in [1.165, 1.54) is 16.7 Å². The molecule has 0 unspecified atom stereocenters. The highest BCUT2D eigenvalue weighted by Crippen LogP contribution is 2.30. The number of nitrogens with zero attached hydrogens (tertiary/aromatic N) is 2. The number of hydrogen-bond donors (Lipinski definition) is 0. The maximum atomic E-state index is 4.62. The molecule has 0 aliphatic heterocycles. The van der Waals surface area contributed by atoms with Gasteiger partial charge in [0, 0.05) is 34.3 Å². The van der Waals surface area contributed by atoms with Crippen LogP contribution in [-0.2, 0) is 0 Å². The predicted octanol–water partition coefficient (Wildman–Crippen LogP) is 6.43. The van der Waals surface area contributed by atoms with E-state index in [-0.39, 0.29) is 0 Å². The van der Waals surface area contributed by atoms with Gasteiger partial charge in [0.2, 0.25) is 0 Å². The van der Waals surface area contributed by atoms with Crippen molar-refractivity contribution in [3.63, 3.8) is 0 Å². The summed E-state index contributed by atoms with van der Waals surface area (Å²) in [5.74, 6) is 0. The molecule has 2 aromatic heterocycles. The van der Waals surface area contributed by atoms with E-state index in [1.54, 1.807) is 0 Å². The van der Waals surface area contributed by atoms with Crippen molar-refractivity contribution in [1.82, 2.24) is 9.97 Å². The summed E-state index contributed by atoms with van der Waals surface area (Å²) in [5, 5.41) is 2.32. The lowest BCUT2D eigenvalue weighted by atomic mass is 9.97. The summed E-state index contributed by atoms with van der Waals surface area (Å²) in [6.45, 7) is 2.13. The number of benzene rings is 3. The van der Waals surface area contributed by atoms with Gasteiger partial charge in [-0.15, -0.1) is 0 Å². The SMILES string of the molecule is Cc1cc(-c2cnc3ccccc3c2)cc(-c2cnc3ccccc3c2)c1. The molecule has 2 heterocycles. The number of aryl methyl sites for hydroxylation is 1. The predicted molar refractivity (Wildman–Crippen MR) is 113 cm³/mol. The van der Waals surface area contributed by atoms with Gasteiger partial charge >= 0.3 is 0 Å². The molecule has 0 radical (unpaired) electrons. The molecule has 0 amide bonds. The van der Waals surface area contributed by atoms with Crippen LogP contribution in [0.3, 0.4) is 0 Å². The summed E-state index contributed by atoms with van der Waals surface area (Å²) in [7, 11) is 0. The Morgan fingerprint density at radius 2 is 1.00 bits per heavy atom. The van der Waals surface area contributed by atoms with Crippen molar-refractivity contribution in [3.8, 4) is 22.3 Å². The number of pyridine rings is 2. The van der Waals surface area contributed by atoms with Crippen LogP contribution in [-0.4, -0.2) is 9.97 Å². The van der Waals surface area contributed by atoms with E-state index in [0.717, 1.165) is 32.9 Å². The summed E-state index contributed by atoms with van der Waals surface area (Å²) >= 11 is 0. The molecule has 0 bridgehead atoms. The van der Waals surface area contributed by atoms with Crippen molar-refractivity contribution >= 4 is 21.8 Å². The molecule has 27 heavy (non-hydrogen) atoms. The van der Waals surface area contributed by atoms with Gasteiger partial charge in [-0.1, -0.05) is 48.5 Å². The Kier molecular flexibility index (Phi) is 3.68. The van der Waals surface area contributed by atoms with E-state index in [9.17, 15) is 0 Å². The number of aromatic nitrogens is 2. The molecule has 0 spiro atoms. The molecule has 128 valence electrons. The molecule has 2 nitrogen and oxygen atoms in total. The lowest BCUT2D eigenvalue weighted by Crippen LogP contribution is -1.88. The normalized spacial score (nSPS) is 11.1. The molecular formula is C25H18N2. The highest BCUT2D eigenvalue weighted by molar-refractivity contribution is 5.86. The third kappa shape index (κ3) is 2.96. The Balaban J connectivity index is 1.64. The van der Waals surface area contributed by atoms with Gasteiger partial charge in [0.1, 0.15) is 0 Å². The van der Waals surface area contributed by atoms with Crippen molar-refractivity contribution < 1.29 is 0 Å². The Morgan fingerprint density at radius 1 is 0.519 bits per heavy atom. The van der Waals surface area contributed by atoms with Crippen molar-refractivity contribution in [2.45, 2.75) is 6.92 Å². The molecule has 0 atom stereocenters. The van der Waals surface area contributed by atoms with Crippen LogP contribution in [0.2, 0.25) is 0 Å². The van der Waals surface area contributed by atoms with Gasteiger partial charge in [-0.25, -0.2) is 0 Å². The van der Waals surface area contributed by atoms with E-state index < -0.39 is 0 Å². The minimum atomic E-state index is 1.02. The van der Waals surface area contributed by atoms with Gasteiger partial charge in [0.05, 0.1) is 11.0 Å². The van der Waals surface area contributed by atoms with Crippen LogP contribution in [0, 0.1) is 6.92 Å². The van der Waals surface area contributed by atoms with Gasteiger partial charge < -0.3 is 0 Å². The van der Waals surface area contributed by atoms with Gasteiger partial charge in [0.25, 0.3) is 0 Å². The molecule has 0 N–H and O–H groups in total. The minimum Gasteiger partial charge on any atom is -0.256 e. The van der Waals surface area contributed by atoms with Crippen LogP contribution in [0.25, 0.3) is 44.1 Å². The van der Waals surface area contributed by atoms with Crippen LogP contribution in [0.15, 0.2) is 91.3 Å². The molecule has 0 saturated carbocycles. The monoisotopic (exact) mass is 346 g/mol. The van der Waals surface area contributed by atoms with Crippen molar-refractivity contribution in [1.29, 1.82) is 0 Å². The fraction of sp³-hybridized carbons (Fsp3) is 0.0400. The quantitative estimate of drug-likeness (QED) is 0.368. The van der Waals surface area contributed by atoms with Crippen molar-refractivity contribution in [2.24, 2.45) is 0 Å². The average Bonchev–Trinajstić information content (AvgIpc) is 2.72. The first-order chi connectivity index (χ1) is 13.3. The maximum Gasteiger partial charge on any atom is 0.0702 e. The van der Waals surface area contributed by atoms with Crippen LogP contribution < -0.4 is 0 Å². The van der Waals surface area contributed by atoms with E-state index in [1.807, 2.05) is 36.7 Å². The first kappa shape index (κ1) is 15.7. The van der Waals surface area contributed by atoms with Crippen LogP contribution in [0.1, 0.15) is 5.56 Å². The maximum absolute atomic E-state index is 4.62. The third-order valence-corrected chi connectivity index (χ3v) is 4.92. The minimum absolute atomic E-state index is 1.02. The van der Waals surface area contributed by atoms with Gasteiger partial charge in [0.15, 0.2) is 0 Å². The molecule has 2 heteroatoms. The Morgan fingerprint density at radius 3 is 1.52 bits per heavy atom.